The maximum absolute atomic E-state index is 12.8. The predicted molar refractivity (Wildman–Crippen MR) is 98.9 cm³/mol. The minimum absolute atomic E-state index is 0.0346. The molecule has 1 aliphatic heterocycles. The van der Waals surface area contributed by atoms with Gasteiger partial charge in [-0.25, -0.2) is 4.79 Å². The zero-order chi connectivity index (χ0) is 19.6. The van der Waals surface area contributed by atoms with Gasteiger partial charge in [0.15, 0.2) is 5.11 Å². The van der Waals surface area contributed by atoms with Crippen LogP contribution in [0, 0.1) is 10.1 Å². The highest BCUT2D eigenvalue weighted by atomic mass is 32.1. The molecule has 1 heterocycles. The molecule has 0 aromatic heterocycles. The second-order valence-corrected chi connectivity index (χ2v) is 6.16. The number of esters is 1. The number of thiocarbonyl (C=S) groups is 1. The van der Waals surface area contributed by atoms with Gasteiger partial charge < -0.3 is 20.5 Å². The molecule has 0 saturated carbocycles. The van der Waals surface area contributed by atoms with Crippen molar-refractivity contribution in [1.82, 2.24) is 10.6 Å². The minimum Gasteiger partial charge on any atom is -0.872 e. The lowest BCUT2D eigenvalue weighted by Crippen LogP contribution is -2.45. The van der Waals surface area contributed by atoms with Gasteiger partial charge in [-0.05, 0) is 36.8 Å². The number of nitro benzene ring substituents is 1. The number of hydrogen-bond donors (Lipinski definition) is 2. The summed E-state index contributed by atoms with van der Waals surface area (Å²) in [6.45, 7) is 1.61. The number of hydrogen-bond acceptors (Lipinski definition) is 6. The zero-order valence-electron chi connectivity index (χ0n) is 14.1. The second kappa shape index (κ2) is 7.42. The predicted octanol–water partition coefficient (Wildman–Crippen LogP) is 2.07. The smallest absolute Gasteiger partial charge is 0.343 e. The molecule has 0 saturated heterocycles. The van der Waals surface area contributed by atoms with Gasteiger partial charge in [0.25, 0.3) is 5.69 Å². The summed E-state index contributed by atoms with van der Waals surface area (Å²) >= 11 is 5.11. The number of allylic oxidation sites excluding steroid dienone is 1. The first kappa shape index (κ1) is 18.3. The van der Waals surface area contributed by atoms with E-state index in [9.17, 15) is 20.0 Å². The maximum Gasteiger partial charge on any atom is 0.343 e. The molecular weight excluding hydrogens is 370 g/mol. The summed E-state index contributed by atoms with van der Waals surface area (Å²) in [5.41, 5.74) is 0.289. The van der Waals surface area contributed by atoms with Crippen LogP contribution in [0.3, 0.4) is 0 Å². The molecule has 2 aromatic carbocycles. The summed E-state index contributed by atoms with van der Waals surface area (Å²) in [4.78, 5) is 23.2. The fourth-order valence-corrected chi connectivity index (χ4v) is 2.99. The highest BCUT2D eigenvalue weighted by Crippen LogP contribution is 2.34. The molecule has 1 aliphatic rings. The topological polar surface area (TPSA) is 117 Å². The van der Waals surface area contributed by atoms with Crippen molar-refractivity contribution in [3.8, 4) is 11.5 Å². The van der Waals surface area contributed by atoms with Gasteiger partial charge in [0, 0.05) is 17.8 Å². The number of non-ortho nitro benzene ring substituents is 1. The van der Waals surface area contributed by atoms with Gasteiger partial charge in [0.05, 0.1) is 16.5 Å². The van der Waals surface area contributed by atoms with Crippen LogP contribution in [0.15, 0.2) is 59.8 Å². The molecule has 0 unspecified atom stereocenters. The molecule has 2 aromatic rings. The van der Waals surface area contributed by atoms with E-state index in [-0.39, 0.29) is 21.9 Å². The summed E-state index contributed by atoms with van der Waals surface area (Å²) in [6.07, 6.45) is 0. The molecule has 8 nitrogen and oxygen atoms in total. The molecule has 0 bridgehead atoms. The molecule has 0 fully saturated rings. The van der Waals surface area contributed by atoms with E-state index in [1.165, 1.54) is 0 Å². The number of nitrogens with one attached hydrogen (secondary N) is 2. The van der Waals surface area contributed by atoms with Crippen LogP contribution in [0.1, 0.15) is 18.5 Å². The molecule has 0 aliphatic carbocycles. The number of rotatable bonds is 4. The van der Waals surface area contributed by atoms with E-state index in [0.29, 0.717) is 11.4 Å². The number of benzene rings is 2. The summed E-state index contributed by atoms with van der Waals surface area (Å²) < 4.78 is 5.37. The van der Waals surface area contributed by atoms with Gasteiger partial charge in [-0.15, -0.1) is 5.75 Å². The zero-order valence-corrected chi connectivity index (χ0v) is 14.9. The third-order valence-electron chi connectivity index (χ3n) is 3.96. The molecule has 0 amide bonds. The number of carbonyl (C=O) groups is 1. The minimum atomic E-state index is -0.970. The van der Waals surface area contributed by atoms with Crippen molar-refractivity contribution in [2.45, 2.75) is 13.0 Å². The van der Waals surface area contributed by atoms with E-state index < -0.39 is 22.7 Å². The Hall–Kier alpha value is -3.46. The largest absolute Gasteiger partial charge is 0.872 e. The van der Waals surface area contributed by atoms with Crippen molar-refractivity contribution in [2.24, 2.45) is 0 Å². The molecule has 1 atom stereocenters. The molecule has 138 valence electrons. The number of ether oxygens (including phenoxy) is 1. The molecule has 0 spiro atoms. The third-order valence-corrected chi connectivity index (χ3v) is 4.18. The normalized spacial score (nSPS) is 16.3. The van der Waals surface area contributed by atoms with E-state index in [0.717, 1.165) is 18.2 Å². The van der Waals surface area contributed by atoms with Crippen LogP contribution >= 0.6 is 12.2 Å². The number of nitrogens with zero attached hydrogens (tertiary/aromatic N) is 1. The van der Waals surface area contributed by atoms with Crippen molar-refractivity contribution in [1.29, 1.82) is 0 Å². The van der Waals surface area contributed by atoms with E-state index in [1.54, 1.807) is 37.3 Å². The number of nitro groups is 1. The fraction of sp³-hybridized carbons (Fsp3) is 0.111. The van der Waals surface area contributed by atoms with Gasteiger partial charge in [0.2, 0.25) is 0 Å². The standard InChI is InChI=1S/C18H15N3O5S/c1-10-15(17(23)26-12-5-3-2-4-6-12)16(20-18(27)19-10)13-9-11(21(24)25)7-8-14(13)22/h2-9,16,22H,1H3,(H2,19,20,27)/p-1/t16-/m0/s1. The molecule has 27 heavy (non-hydrogen) atoms. The van der Waals surface area contributed by atoms with Gasteiger partial charge in [0.1, 0.15) is 5.75 Å². The van der Waals surface area contributed by atoms with E-state index in [4.69, 9.17) is 17.0 Å². The van der Waals surface area contributed by atoms with Crippen molar-refractivity contribution in [3.05, 3.63) is 75.5 Å². The number of para-hydroxylation sites is 1. The Morgan fingerprint density at radius 3 is 2.59 bits per heavy atom. The van der Waals surface area contributed by atoms with Crippen molar-refractivity contribution < 1.29 is 19.6 Å². The van der Waals surface area contributed by atoms with Crippen LogP contribution in [0.5, 0.6) is 11.5 Å². The highest BCUT2D eigenvalue weighted by Gasteiger charge is 2.32. The van der Waals surface area contributed by atoms with Crippen molar-refractivity contribution in [3.63, 3.8) is 0 Å². The summed E-state index contributed by atoms with van der Waals surface area (Å²) in [6, 6.07) is 10.8. The van der Waals surface area contributed by atoms with Crippen LogP contribution < -0.4 is 20.5 Å². The Bertz CT molecular complexity index is 959. The van der Waals surface area contributed by atoms with Crippen LogP contribution in [0.4, 0.5) is 5.69 Å². The first-order valence-corrected chi connectivity index (χ1v) is 8.28. The molecule has 3 rings (SSSR count). The van der Waals surface area contributed by atoms with Crippen LogP contribution in [0.25, 0.3) is 0 Å². The maximum atomic E-state index is 12.8. The van der Waals surface area contributed by atoms with E-state index in [2.05, 4.69) is 10.6 Å². The van der Waals surface area contributed by atoms with Crippen LogP contribution in [-0.2, 0) is 4.79 Å². The highest BCUT2D eigenvalue weighted by molar-refractivity contribution is 7.80. The van der Waals surface area contributed by atoms with Gasteiger partial charge in [-0.1, -0.05) is 24.3 Å². The second-order valence-electron chi connectivity index (χ2n) is 5.75. The van der Waals surface area contributed by atoms with Gasteiger partial charge in [-0.3, -0.25) is 10.1 Å². The lowest BCUT2D eigenvalue weighted by Gasteiger charge is -2.31. The summed E-state index contributed by atoms with van der Waals surface area (Å²) in [7, 11) is 0. The quantitative estimate of drug-likeness (QED) is 0.271. The Balaban J connectivity index is 2.03. The average molecular weight is 384 g/mol. The molecule has 2 N–H and O–H groups in total. The first-order valence-electron chi connectivity index (χ1n) is 7.87. The molecule has 9 heteroatoms. The molecular formula is C18H14N3O5S-. The summed E-state index contributed by atoms with van der Waals surface area (Å²) in [5, 5.41) is 29.2. The fourth-order valence-electron chi connectivity index (χ4n) is 2.72. The van der Waals surface area contributed by atoms with Gasteiger partial charge in [-0.2, -0.15) is 0 Å². The number of carbonyl (C=O) groups excluding carboxylic acids is 1. The Labute approximate surface area is 159 Å². The third kappa shape index (κ3) is 3.87. The summed E-state index contributed by atoms with van der Waals surface area (Å²) in [5.74, 6) is -0.825. The first-order chi connectivity index (χ1) is 12.9. The Morgan fingerprint density at radius 2 is 1.93 bits per heavy atom. The van der Waals surface area contributed by atoms with Crippen molar-refractivity contribution in [2.75, 3.05) is 0 Å². The monoisotopic (exact) mass is 384 g/mol. The lowest BCUT2D eigenvalue weighted by atomic mass is 9.94. The lowest BCUT2D eigenvalue weighted by molar-refractivity contribution is -0.385. The average Bonchev–Trinajstić information content (AvgIpc) is 2.62. The molecule has 0 radical (unpaired) electrons. The SMILES string of the molecule is CC1=C(C(=O)Oc2ccccc2)[C@H](c2cc([N+](=O)[O-])ccc2[O-])NC(=S)N1. The van der Waals surface area contributed by atoms with Crippen LogP contribution in [-0.4, -0.2) is 16.0 Å². The Kier molecular flexibility index (Phi) is 5.04. The van der Waals surface area contributed by atoms with Crippen molar-refractivity contribution >= 4 is 29.0 Å². The van der Waals surface area contributed by atoms with E-state index >= 15 is 0 Å². The van der Waals surface area contributed by atoms with Crippen LogP contribution in [0.2, 0.25) is 0 Å². The Morgan fingerprint density at radius 1 is 1.22 bits per heavy atom. The van der Waals surface area contributed by atoms with E-state index in [1.807, 2.05) is 0 Å². The van der Waals surface area contributed by atoms with Gasteiger partial charge >= 0.3 is 5.97 Å².